The molecule has 2 fully saturated rings. The largest absolute Gasteiger partial charge is 0.508 e. The molecule has 1 amide bonds. The van der Waals surface area contributed by atoms with Crippen molar-refractivity contribution < 1.29 is 24.9 Å². The Bertz CT molecular complexity index is 1390. The van der Waals surface area contributed by atoms with Crippen molar-refractivity contribution in [3.05, 3.63) is 64.4 Å². The van der Waals surface area contributed by atoms with E-state index in [1.54, 1.807) is 30.3 Å². The molecule has 0 radical (unpaired) electrons. The first kappa shape index (κ1) is 21.8. The van der Waals surface area contributed by atoms with Crippen molar-refractivity contribution in [1.29, 1.82) is 0 Å². The molecule has 0 aromatic heterocycles. The second kappa shape index (κ2) is 7.28. The molecule has 2 bridgehead atoms. The van der Waals surface area contributed by atoms with Crippen molar-refractivity contribution in [1.82, 2.24) is 4.90 Å². The van der Waals surface area contributed by atoms with Gasteiger partial charge in [0.25, 0.3) is 5.91 Å². The van der Waals surface area contributed by atoms with E-state index in [-0.39, 0.29) is 29.5 Å². The Balaban J connectivity index is 1.35. The molecule has 2 aliphatic heterocycles. The zero-order valence-corrected chi connectivity index (χ0v) is 19.8. The Morgan fingerprint density at radius 3 is 2.86 bits per heavy atom. The number of benzene rings is 2. The van der Waals surface area contributed by atoms with Crippen LogP contribution in [0.1, 0.15) is 42.4 Å². The minimum absolute atomic E-state index is 0.000272. The fourth-order valence-corrected chi connectivity index (χ4v) is 7.26. The van der Waals surface area contributed by atoms with Gasteiger partial charge in [0, 0.05) is 35.8 Å². The molecule has 36 heavy (non-hydrogen) atoms. The molecule has 184 valence electrons. The van der Waals surface area contributed by atoms with Gasteiger partial charge in [-0.1, -0.05) is 18.1 Å². The number of hydrogen-bond donors (Lipinski definition) is 4. The Kier molecular flexibility index (Phi) is 4.41. The molecule has 1 saturated carbocycles. The van der Waals surface area contributed by atoms with Gasteiger partial charge in [-0.15, -0.1) is 6.42 Å². The van der Waals surface area contributed by atoms with E-state index >= 15 is 0 Å². The number of likely N-dealkylation sites (tertiary alicyclic amines) is 1. The maximum atomic E-state index is 13.5. The first-order chi connectivity index (χ1) is 17.4. The number of aliphatic hydroxyl groups excluding tert-OH is 1. The van der Waals surface area contributed by atoms with Crippen LogP contribution in [0.4, 0.5) is 5.69 Å². The van der Waals surface area contributed by atoms with Crippen LogP contribution < -0.4 is 10.1 Å². The summed E-state index contributed by atoms with van der Waals surface area (Å²) in [5, 5.41) is 37.6. The average molecular weight is 485 g/mol. The molecule has 2 aromatic rings. The third-order valence-electron chi connectivity index (χ3n) is 9.08. The summed E-state index contributed by atoms with van der Waals surface area (Å²) < 4.78 is 6.24. The van der Waals surface area contributed by atoms with E-state index in [9.17, 15) is 20.1 Å². The number of nitrogens with one attached hydrogen (secondary N) is 1. The molecular weight excluding hydrogens is 456 g/mol. The third kappa shape index (κ3) is 2.74. The van der Waals surface area contributed by atoms with Gasteiger partial charge in [0.15, 0.2) is 17.6 Å². The monoisotopic (exact) mass is 484 g/mol. The zero-order chi connectivity index (χ0) is 24.8. The summed E-state index contributed by atoms with van der Waals surface area (Å²) in [5.74, 6) is 2.84. The number of terminal acetylenes is 1. The van der Waals surface area contributed by atoms with E-state index in [0.717, 1.165) is 24.2 Å². The quantitative estimate of drug-likeness (QED) is 0.498. The van der Waals surface area contributed by atoms with E-state index < -0.39 is 23.0 Å². The summed E-state index contributed by atoms with van der Waals surface area (Å²) in [6, 6.07) is 10.3. The van der Waals surface area contributed by atoms with Crippen LogP contribution >= 0.6 is 0 Å². The molecular formula is C29H28N2O5. The zero-order valence-electron chi connectivity index (χ0n) is 19.8. The fraction of sp³-hybridized carbons (Fsp3) is 0.414. The number of piperidine rings is 1. The fourth-order valence-electron chi connectivity index (χ4n) is 7.26. The molecule has 7 rings (SSSR count). The predicted molar refractivity (Wildman–Crippen MR) is 133 cm³/mol. The number of aromatic hydroxyl groups is 1. The third-order valence-corrected chi connectivity index (χ3v) is 9.08. The lowest BCUT2D eigenvalue weighted by Gasteiger charge is -2.62. The highest BCUT2D eigenvalue weighted by Crippen LogP contribution is 2.66. The van der Waals surface area contributed by atoms with Gasteiger partial charge in [-0.25, -0.2) is 0 Å². The number of aliphatic hydroxyl groups is 2. The smallest absolute Gasteiger partial charge is 0.255 e. The minimum atomic E-state index is -1.34. The summed E-state index contributed by atoms with van der Waals surface area (Å²) >= 11 is 0. The van der Waals surface area contributed by atoms with Gasteiger partial charge in [0.1, 0.15) is 5.76 Å². The molecule has 2 aromatic carbocycles. The highest BCUT2D eigenvalue weighted by atomic mass is 16.5. The van der Waals surface area contributed by atoms with Crippen LogP contribution in [0.15, 0.2) is 47.7 Å². The molecule has 3 aliphatic carbocycles. The normalized spacial score (nSPS) is 31.9. The van der Waals surface area contributed by atoms with Crippen LogP contribution in [-0.2, 0) is 16.6 Å². The number of ether oxygens (including phenoxy) is 1. The van der Waals surface area contributed by atoms with Crippen LogP contribution in [-0.4, -0.2) is 57.0 Å². The van der Waals surface area contributed by atoms with E-state index in [0.29, 0.717) is 35.8 Å². The first-order valence-corrected chi connectivity index (χ1v) is 12.6. The van der Waals surface area contributed by atoms with Crippen molar-refractivity contribution >= 4 is 11.6 Å². The first-order valence-electron chi connectivity index (χ1n) is 12.6. The maximum Gasteiger partial charge on any atom is 0.255 e. The van der Waals surface area contributed by atoms with Gasteiger partial charge >= 0.3 is 0 Å². The number of carbonyl (C=O) groups excluding carboxylic acids is 1. The van der Waals surface area contributed by atoms with Gasteiger partial charge in [-0.2, -0.15) is 0 Å². The number of amides is 1. The van der Waals surface area contributed by atoms with Crippen molar-refractivity contribution in [3.8, 4) is 23.8 Å². The van der Waals surface area contributed by atoms with Crippen molar-refractivity contribution in [2.24, 2.45) is 5.92 Å². The highest BCUT2D eigenvalue weighted by molar-refractivity contribution is 6.04. The number of carbonyl (C=O) groups is 1. The molecule has 0 unspecified atom stereocenters. The summed E-state index contributed by atoms with van der Waals surface area (Å²) in [6.45, 7) is 1.69. The van der Waals surface area contributed by atoms with Gasteiger partial charge in [-0.3, -0.25) is 9.69 Å². The molecule has 7 heteroatoms. The summed E-state index contributed by atoms with van der Waals surface area (Å²) in [4.78, 5) is 15.9. The van der Waals surface area contributed by atoms with Gasteiger partial charge in [0.05, 0.1) is 16.6 Å². The second-order valence-corrected chi connectivity index (χ2v) is 11.0. The lowest BCUT2D eigenvalue weighted by Crippen LogP contribution is -2.75. The number of phenols is 1. The molecule has 7 nitrogen and oxygen atoms in total. The SMILES string of the molecule is C#Cc1cccc(NC(=O)C2=C(O)[C@@H]3Oc4c(O)ccc5c4[C@@]34CCN(CC3CC3)[C@H](C5)[C@]4(O)C2)c1. The minimum Gasteiger partial charge on any atom is -0.508 e. The van der Waals surface area contributed by atoms with Crippen LogP contribution in [0.25, 0.3) is 0 Å². The highest BCUT2D eigenvalue weighted by Gasteiger charge is 2.73. The molecule has 5 aliphatic rings. The Morgan fingerprint density at radius 1 is 1.25 bits per heavy atom. The van der Waals surface area contributed by atoms with Crippen molar-refractivity contribution in [2.75, 3.05) is 18.4 Å². The Morgan fingerprint density at radius 2 is 2.08 bits per heavy atom. The van der Waals surface area contributed by atoms with E-state index in [1.165, 1.54) is 12.8 Å². The van der Waals surface area contributed by atoms with Gasteiger partial charge in [-0.05, 0) is 68.0 Å². The standard InChI is InChI=1S/C29H28N2O5/c1-2-16-4-3-5-19(12-16)30-27(34)20-14-29(35)22-13-18-8-9-21(32)25-23(18)28(29,26(36-25)24(20)33)10-11-31(22)15-17-6-7-17/h1,3-5,8-9,12,17,22,26,32-33,35H,6-7,10-11,13-15H2,(H,30,34)/t22-,26+,28+,29-/m1/s1. The summed E-state index contributed by atoms with van der Waals surface area (Å²) in [5.41, 5.74) is 0.822. The van der Waals surface area contributed by atoms with Gasteiger partial charge in [0.2, 0.25) is 0 Å². The molecule has 2 heterocycles. The number of phenolic OH excluding ortho intramolecular Hbond substituents is 1. The lowest BCUT2D eigenvalue weighted by atomic mass is 9.49. The maximum absolute atomic E-state index is 13.5. The van der Waals surface area contributed by atoms with E-state index in [4.69, 9.17) is 11.2 Å². The van der Waals surface area contributed by atoms with Crippen LogP contribution in [0.3, 0.4) is 0 Å². The van der Waals surface area contributed by atoms with Gasteiger partial charge < -0.3 is 25.4 Å². The van der Waals surface area contributed by atoms with Crippen molar-refractivity contribution in [3.63, 3.8) is 0 Å². The molecule has 1 saturated heterocycles. The predicted octanol–water partition coefficient (Wildman–Crippen LogP) is 3.00. The van der Waals surface area contributed by atoms with Crippen molar-refractivity contribution in [2.45, 2.75) is 55.3 Å². The number of anilines is 1. The second-order valence-electron chi connectivity index (χ2n) is 11.0. The summed E-state index contributed by atoms with van der Waals surface area (Å²) in [7, 11) is 0. The number of hydrogen-bond acceptors (Lipinski definition) is 6. The summed E-state index contributed by atoms with van der Waals surface area (Å²) in [6.07, 6.45) is 8.15. The average Bonchev–Trinajstić information content (AvgIpc) is 3.61. The molecule has 4 atom stereocenters. The Labute approximate surface area is 209 Å². The van der Waals surface area contributed by atoms with Crippen LogP contribution in [0.5, 0.6) is 11.5 Å². The Hall–Kier alpha value is -3.47. The van der Waals surface area contributed by atoms with E-state index in [1.807, 2.05) is 6.07 Å². The molecule has 1 spiro atoms. The topological polar surface area (TPSA) is 102 Å². The number of rotatable bonds is 4. The van der Waals surface area contributed by atoms with Crippen LogP contribution in [0.2, 0.25) is 0 Å². The van der Waals surface area contributed by atoms with E-state index in [2.05, 4.69) is 16.1 Å². The van der Waals surface area contributed by atoms with Crippen LogP contribution in [0, 0.1) is 18.3 Å². The lowest BCUT2D eigenvalue weighted by molar-refractivity contribution is -0.172. The molecule has 4 N–H and O–H groups in total. The number of nitrogens with zero attached hydrogens (tertiary/aromatic N) is 1.